The summed E-state index contributed by atoms with van der Waals surface area (Å²) in [4.78, 5) is 37.7. The third kappa shape index (κ3) is 5.18. The Morgan fingerprint density at radius 3 is 2.45 bits per heavy atom. The van der Waals surface area contributed by atoms with Crippen molar-refractivity contribution in [2.24, 2.45) is 0 Å². The van der Waals surface area contributed by atoms with Gasteiger partial charge < -0.3 is 20.4 Å². The number of nitrogens with zero attached hydrogens (tertiary/aromatic N) is 1. The van der Waals surface area contributed by atoms with Gasteiger partial charge in [-0.2, -0.15) is 0 Å². The molecule has 7 nitrogen and oxygen atoms in total. The van der Waals surface area contributed by atoms with Crippen LogP contribution in [0.3, 0.4) is 0 Å². The fraction of sp³-hybridized carbons (Fsp3) is 0.227. The Bertz CT molecular complexity index is 1040. The van der Waals surface area contributed by atoms with Crippen molar-refractivity contribution in [1.82, 2.24) is 10.2 Å². The first kappa shape index (κ1) is 22.7. The molecule has 1 aliphatic rings. The molecule has 0 radical (unpaired) electrons. The van der Waals surface area contributed by atoms with Crippen LogP contribution in [0.1, 0.15) is 23.6 Å². The average molecular weight is 463 g/mol. The summed E-state index contributed by atoms with van der Waals surface area (Å²) < 4.78 is 0. The number of carbonyl (C=O) groups is 3. The van der Waals surface area contributed by atoms with E-state index in [1.807, 2.05) is 6.07 Å². The molecular formula is C22H20Cl2N2O5. The van der Waals surface area contributed by atoms with E-state index in [9.17, 15) is 24.6 Å². The lowest BCUT2D eigenvalue weighted by Crippen LogP contribution is -2.37. The average Bonchev–Trinajstić information content (AvgIpc) is 3.03. The summed E-state index contributed by atoms with van der Waals surface area (Å²) in [7, 11) is 0. The topological polar surface area (TPSA) is 107 Å². The van der Waals surface area contributed by atoms with Crippen LogP contribution in [0, 0.1) is 0 Å². The van der Waals surface area contributed by atoms with E-state index in [4.69, 9.17) is 23.2 Å². The molecule has 0 aliphatic carbocycles. The Balaban J connectivity index is 1.60. The summed E-state index contributed by atoms with van der Waals surface area (Å²) in [5, 5.41) is 23.4. The quantitative estimate of drug-likeness (QED) is 0.520. The molecule has 0 fully saturated rings. The normalized spacial score (nSPS) is 14.6. The SMILES string of the molecule is O=C(NCCCc1ccc(Cl)c(Cl)c1)C1=C(O)C(=O)N(C(C(=O)O)c2ccccc2)C1. The van der Waals surface area contributed by atoms with Gasteiger partial charge in [0, 0.05) is 6.54 Å². The molecule has 9 heteroatoms. The van der Waals surface area contributed by atoms with Gasteiger partial charge in [0.2, 0.25) is 0 Å². The lowest BCUT2D eigenvalue weighted by atomic mass is 10.1. The second-order valence-electron chi connectivity index (χ2n) is 7.02. The predicted octanol–water partition coefficient (Wildman–Crippen LogP) is 3.52. The molecule has 31 heavy (non-hydrogen) atoms. The fourth-order valence-corrected chi connectivity index (χ4v) is 3.68. The Hall–Kier alpha value is -3.03. The standard InChI is InChI=1S/C22H20Cl2N2O5/c23-16-9-8-13(11-17(16)24)5-4-10-25-20(28)15-12-26(21(29)19(15)27)18(22(30)31)14-6-2-1-3-7-14/h1-3,6-9,11,18,27H,4-5,10,12H2,(H,25,28)(H,30,31). The molecule has 2 amide bonds. The highest BCUT2D eigenvalue weighted by atomic mass is 35.5. The third-order valence-corrected chi connectivity index (χ3v) is 5.66. The van der Waals surface area contributed by atoms with Crippen LogP contribution in [0.5, 0.6) is 0 Å². The summed E-state index contributed by atoms with van der Waals surface area (Å²) in [5.41, 5.74) is 1.18. The van der Waals surface area contributed by atoms with E-state index < -0.39 is 29.6 Å². The van der Waals surface area contributed by atoms with Gasteiger partial charge in [-0.3, -0.25) is 9.59 Å². The van der Waals surface area contributed by atoms with E-state index in [-0.39, 0.29) is 12.1 Å². The van der Waals surface area contributed by atoms with E-state index in [0.29, 0.717) is 35.0 Å². The lowest BCUT2D eigenvalue weighted by Gasteiger charge is -2.24. The van der Waals surface area contributed by atoms with Gasteiger partial charge in [0.25, 0.3) is 11.8 Å². The number of aliphatic carboxylic acids is 1. The highest BCUT2D eigenvalue weighted by molar-refractivity contribution is 6.42. The smallest absolute Gasteiger partial charge is 0.331 e. The van der Waals surface area contributed by atoms with Gasteiger partial charge in [-0.1, -0.05) is 59.6 Å². The highest BCUT2D eigenvalue weighted by Crippen LogP contribution is 2.29. The van der Waals surface area contributed by atoms with Crippen LogP contribution >= 0.6 is 23.2 Å². The van der Waals surface area contributed by atoms with Crippen molar-refractivity contribution >= 4 is 41.0 Å². The van der Waals surface area contributed by atoms with Crippen LogP contribution in [0.2, 0.25) is 10.0 Å². The Morgan fingerprint density at radius 1 is 1.10 bits per heavy atom. The minimum Gasteiger partial charge on any atom is -0.503 e. The maximum atomic E-state index is 12.5. The van der Waals surface area contributed by atoms with Crippen molar-refractivity contribution in [3.63, 3.8) is 0 Å². The molecule has 0 saturated heterocycles. The number of rotatable bonds is 8. The van der Waals surface area contributed by atoms with Crippen LogP contribution in [0.25, 0.3) is 0 Å². The Morgan fingerprint density at radius 2 is 1.81 bits per heavy atom. The molecule has 1 unspecified atom stereocenters. The summed E-state index contributed by atoms with van der Waals surface area (Å²) in [5.74, 6) is -3.49. The van der Waals surface area contributed by atoms with Crippen LogP contribution in [0.15, 0.2) is 59.9 Å². The summed E-state index contributed by atoms with van der Waals surface area (Å²) >= 11 is 11.9. The van der Waals surface area contributed by atoms with Gasteiger partial charge in [-0.15, -0.1) is 0 Å². The van der Waals surface area contributed by atoms with Gasteiger partial charge >= 0.3 is 5.97 Å². The number of aliphatic hydroxyl groups is 1. The van der Waals surface area contributed by atoms with Gasteiger partial charge in [0.1, 0.15) is 0 Å². The van der Waals surface area contributed by atoms with E-state index >= 15 is 0 Å². The number of hydrogen-bond acceptors (Lipinski definition) is 4. The zero-order valence-electron chi connectivity index (χ0n) is 16.3. The third-order valence-electron chi connectivity index (χ3n) is 4.92. The predicted molar refractivity (Wildman–Crippen MR) is 116 cm³/mol. The second-order valence-corrected chi connectivity index (χ2v) is 7.83. The maximum absolute atomic E-state index is 12.5. The molecule has 162 valence electrons. The minimum atomic E-state index is -1.31. The molecule has 0 aromatic heterocycles. The van der Waals surface area contributed by atoms with Gasteiger partial charge in [0.15, 0.2) is 11.8 Å². The number of carbonyl (C=O) groups excluding carboxylic acids is 2. The van der Waals surface area contributed by atoms with Crippen molar-refractivity contribution in [2.45, 2.75) is 18.9 Å². The molecule has 1 heterocycles. The summed E-state index contributed by atoms with van der Waals surface area (Å²) in [6.45, 7) is 0.000245. The first-order chi connectivity index (χ1) is 14.8. The van der Waals surface area contributed by atoms with Gasteiger partial charge in [-0.25, -0.2) is 4.79 Å². The fourth-order valence-electron chi connectivity index (χ4n) is 3.36. The largest absolute Gasteiger partial charge is 0.503 e. The molecule has 0 bridgehead atoms. The molecule has 1 aliphatic heterocycles. The lowest BCUT2D eigenvalue weighted by molar-refractivity contribution is -0.148. The highest BCUT2D eigenvalue weighted by Gasteiger charge is 2.41. The molecule has 2 aromatic carbocycles. The number of benzene rings is 2. The van der Waals surface area contributed by atoms with Crippen LogP contribution in [0.4, 0.5) is 0 Å². The van der Waals surface area contributed by atoms with E-state index in [1.165, 1.54) is 0 Å². The second kappa shape index (κ2) is 9.85. The molecule has 3 N–H and O–H groups in total. The van der Waals surface area contributed by atoms with Crippen LogP contribution in [-0.4, -0.2) is 46.0 Å². The number of carboxylic acids is 1. The molecule has 0 saturated carbocycles. The van der Waals surface area contributed by atoms with Crippen molar-refractivity contribution in [2.75, 3.05) is 13.1 Å². The molecule has 1 atom stereocenters. The van der Waals surface area contributed by atoms with Crippen LogP contribution < -0.4 is 5.32 Å². The van der Waals surface area contributed by atoms with E-state index in [0.717, 1.165) is 10.5 Å². The maximum Gasteiger partial charge on any atom is 0.331 e. The Kier molecular flexibility index (Phi) is 7.20. The van der Waals surface area contributed by atoms with Gasteiger partial charge in [0.05, 0.1) is 22.2 Å². The van der Waals surface area contributed by atoms with Crippen LogP contribution in [-0.2, 0) is 20.8 Å². The molecule has 0 spiro atoms. The first-order valence-electron chi connectivity index (χ1n) is 9.52. The number of amides is 2. The monoisotopic (exact) mass is 462 g/mol. The molecule has 3 rings (SSSR count). The van der Waals surface area contributed by atoms with E-state index in [1.54, 1.807) is 42.5 Å². The van der Waals surface area contributed by atoms with Gasteiger partial charge in [-0.05, 0) is 36.1 Å². The number of aryl methyl sites for hydroxylation is 1. The molecular weight excluding hydrogens is 443 g/mol. The van der Waals surface area contributed by atoms with E-state index in [2.05, 4.69) is 5.32 Å². The number of nitrogens with one attached hydrogen (secondary N) is 1. The molecule has 2 aromatic rings. The zero-order chi connectivity index (χ0) is 22.5. The Labute approximate surface area is 188 Å². The first-order valence-corrected chi connectivity index (χ1v) is 10.3. The number of carboxylic acid groups (broad SMARTS) is 1. The minimum absolute atomic E-state index is 0.151. The number of hydrogen-bond donors (Lipinski definition) is 3. The number of halogens is 2. The van der Waals surface area contributed by atoms with Crippen molar-refractivity contribution in [3.05, 3.63) is 81.0 Å². The van der Waals surface area contributed by atoms with Crippen molar-refractivity contribution in [1.29, 1.82) is 0 Å². The number of aliphatic hydroxyl groups excluding tert-OH is 1. The van der Waals surface area contributed by atoms with Crippen molar-refractivity contribution < 1.29 is 24.6 Å². The zero-order valence-corrected chi connectivity index (χ0v) is 17.9. The summed E-state index contributed by atoms with van der Waals surface area (Å²) in [6, 6.07) is 12.2. The summed E-state index contributed by atoms with van der Waals surface area (Å²) in [6.07, 6.45) is 1.24. The van der Waals surface area contributed by atoms with Crippen molar-refractivity contribution in [3.8, 4) is 0 Å².